The maximum atomic E-state index is 11.1. The highest BCUT2D eigenvalue weighted by molar-refractivity contribution is 5.93. The predicted molar refractivity (Wildman–Crippen MR) is 53.3 cm³/mol. The highest BCUT2D eigenvalue weighted by Crippen LogP contribution is 1.94. The van der Waals surface area contributed by atoms with Crippen LogP contribution in [0.4, 0.5) is 0 Å². The van der Waals surface area contributed by atoms with Crippen molar-refractivity contribution in [1.82, 2.24) is 5.32 Å². The normalized spacial score (nSPS) is 8.93. The SMILES string of the molecule is C=CCCC(=O)NC(=C)C(=O)OCC. The molecule has 0 atom stereocenters. The molecule has 0 aromatic heterocycles. The van der Waals surface area contributed by atoms with Gasteiger partial charge in [0.25, 0.3) is 0 Å². The average molecular weight is 197 g/mol. The molecule has 0 aliphatic rings. The maximum Gasteiger partial charge on any atom is 0.354 e. The first-order valence-corrected chi connectivity index (χ1v) is 4.38. The van der Waals surface area contributed by atoms with E-state index in [9.17, 15) is 9.59 Å². The minimum Gasteiger partial charge on any atom is -0.461 e. The molecule has 1 amide bonds. The van der Waals surface area contributed by atoms with Crippen molar-refractivity contribution >= 4 is 11.9 Å². The highest BCUT2D eigenvalue weighted by Gasteiger charge is 2.10. The monoisotopic (exact) mass is 197 g/mol. The number of hydrogen-bond acceptors (Lipinski definition) is 3. The third-order valence-electron chi connectivity index (χ3n) is 1.39. The summed E-state index contributed by atoms with van der Waals surface area (Å²) >= 11 is 0. The van der Waals surface area contributed by atoms with Crippen molar-refractivity contribution in [2.75, 3.05) is 6.61 Å². The number of amides is 1. The Kier molecular flexibility index (Phi) is 6.11. The maximum absolute atomic E-state index is 11.1. The van der Waals surface area contributed by atoms with Crippen LogP contribution in [0.25, 0.3) is 0 Å². The second-order valence-corrected chi connectivity index (χ2v) is 2.57. The molecule has 0 radical (unpaired) electrons. The Labute approximate surface area is 83.6 Å². The van der Waals surface area contributed by atoms with Crippen molar-refractivity contribution in [3.63, 3.8) is 0 Å². The molecule has 0 saturated heterocycles. The van der Waals surface area contributed by atoms with E-state index in [1.165, 1.54) is 0 Å². The van der Waals surface area contributed by atoms with Gasteiger partial charge in [-0.25, -0.2) is 4.79 Å². The summed E-state index contributed by atoms with van der Waals surface area (Å²) in [6.45, 7) is 8.82. The van der Waals surface area contributed by atoms with Crippen LogP contribution in [0.1, 0.15) is 19.8 Å². The Morgan fingerprint density at radius 1 is 1.50 bits per heavy atom. The zero-order valence-electron chi connectivity index (χ0n) is 8.34. The van der Waals surface area contributed by atoms with E-state index in [0.717, 1.165) is 0 Å². The summed E-state index contributed by atoms with van der Waals surface area (Å²) in [5.41, 5.74) is -0.0269. The minimum atomic E-state index is -0.598. The zero-order valence-corrected chi connectivity index (χ0v) is 8.34. The van der Waals surface area contributed by atoms with Crippen LogP contribution in [0.5, 0.6) is 0 Å². The lowest BCUT2D eigenvalue weighted by Crippen LogP contribution is -2.27. The van der Waals surface area contributed by atoms with Gasteiger partial charge in [0.2, 0.25) is 5.91 Å². The Hall–Kier alpha value is -1.58. The van der Waals surface area contributed by atoms with Crippen LogP contribution in [-0.2, 0) is 14.3 Å². The number of hydrogen-bond donors (Lipinski definition) is 1. The van der Waals surface area contributed by atoms with E-state index in [-0.39, 0.29) is 18.2 Å². The summed E-state index contributed by atoms with van der Waals surface area (Å²) in [4.78, 5) is 22.1. The number of allylic oxidation sites excluding steroid dienone is 1. The lowest BCUT2D eigenvalue weighted by Gasteiger charge is -2.06. The number of carbonyl (C=O) groups is 2. The van der Waals surface area contributed by atoms with E-state index in [2.05, 4.69) is 23.2 Å². The molecule has 1 N–H and O–H groups in total. The van der Waals surface area contributed by atoms with Gasteiger partial charge in [-0.3, -0.25) is 4.79 Å². The molecule has 0 saturated carbocycles. The fraction of sp³-hybridized carbons (Fsp3) is 0.400. The molecule has 0 aliphatic heterocycles. The van der Waals surface area contributed by atoms with Gasteiger partial charge in [-0.15, -0.1) is 6.58 Å². The topological polar surface area (TPSA) is 55.4 Å². The predicted octanol–water partition coefficient (Wildman–Crippen LogP) is 1.15. The first-order valence-electron chi connectivity index (χ1n) is 4.38. The van der Waals surface area contributed by atoms with Crippen LogP contribution in [0.15, 0.2) is 24.9 Å². The van der Waals surface area contributed by atoms with Crippen molar-refractivity contribution in [2.45, 2.75) is 19.8 Å². The average Bonchev–Trinajstić information content (AvgIpc) is 2.15. The molecule has 4 nitrogen and oxygen atoms in total. The molecular formula is C10H15NO3. The standard InChI is InChI=1S/C10H15NO3/c1-4-6-7-9(12)11-8(3)10(13)14-5-2/h4H,1,3,5-7H2,2H3,(H,11,12). The quantitative estimate of drug-likeness (QED) is 0.394. The van der Waals surface area contributed by atoms with E-state index in [1.807, 2.05) is 0 Å². The van der Waals surface area contributed by atoms with Crippen molar-refractivity contribution in [2.24, 2.45) is 0 Å². The first-order chi connectivity index (χ1) is 6.61. The van der Waals surface area contributed by atoms with Gasteiger partial charge in [0, 0.05) is 6.42 Å². The van der Waals surface area contributed by atoms with Gasteiger partial charge in [0.05, 0.1) is 6.61 Å². The first kappa shape index (κ1) is 12.4. The molecule has 0 bridgehead atoms. The lowest BCUT2D eigenvalue weighted by atomic mass is 10.3. The van der Waals surface area contributed by atoms with E-state index < -0.39 is 5.97 Å². The summed E-state index contributed by atoms with van der Waals surface area (Å²) < 4.78 is 4.64. The lowest BCUT2D eigenvalue weighted by molar-refractivity contribution is -0.140. The van der Waals surface area contributed by atoms with E-state index >= 15 is 0 Å². The minimum absolute atomic E-state index is 0.0269. The number of nitrogens with one attached hydrogen (secondary N) is 1. The van der Waals surface area contributed by atoms with Gasteiger partial charge in [-0.05, 0) is 13.3 Å². The van der Waals surface area contributed by atoms with Crippen LogP contribution >= 0.6 is 0 Å². The Balaban J connectivity index is 3.87. The number of carbonyl (C=O) groups excluding carboxylic acids is 2. The summed E-state index contributed by atoms with van der Waals surface area (Å²) in [5.74, 6) is -0.859. The van der Waals surface area contributed by atoms with Gasteiger partial charge < -0.3 is 10.1 Å². The summed E-state index contributed by atoms with van der Waals surface area (Å²) in [7, 11) is 0. The highest BCUT2D eigenvalue weighted by atomic mass is 16.5. The molecule has 0 fully saturated rings. The molecule has 4 heteroatoms. The second-order valence-electron chi connectivity index (χ2n) is 2.57. The second kappa shape index (κ2) is 6.88. The van der Waals surface area contributed by atoms with Gasteiger partial charge in [0.1, 0.15) is 5.70 Å². The molecular weight excluding hydrogens is 182 g/mol. The molecule has 14 heavy (non-hydrogen) atoms. The van der Waals surface area contributed by atoms with E-state index in [1.54, 1.807) is 13.0 Å². The van der Waals surface area contributed by atoms with Crippen molar-refractivity contribution in [1.29, 1.82) is 0 Å². The largest absolute Gasteiger partial charge is 0.461 e. The fourth-order valence-electron chi connectivity index (χ4n) is 0.733. The molecule has 0 spiro atoms. The van der Waals surface area contributed by atoms with Gasteiger partial charge in [-0.2, -0.15) is 0 Å². The van der Waals surface area contributed by atoms with Crippen LogP contribution in [0.2, 0.25) is 0 Å². The summed E-state index contributed by atoms with van der Waals surface area (Å²) in [6, 6.07) is 0. The Morgan fingerprint density at radius 2 is 2.14 bits per heavy atom. The van der Waals surface area contributed by atoms with Crippen molar-refractivity contribution < 1.29 is 14.3 Å². The summed E-state index contributed by atoms with van der Waals surface area (Å²) in [6.07, 6.45) is 2.50. The van der Waals surface area contributed by atoms with Crippen LogP contribution in [0.3, 0.4) is 0 Å². The Morgan fingerprint density at radius 3 is 2.64 bits per heavy atom. The van der Waals surface area contributed by atoms with Gasteiger partial charge in [-0.1, -0.05) is 12.7 Å². The molecule has 0 aromatic rings. The molecule has 78 valence electrons. The molecule has 0 aliphatic carbocycles. The molecule has 0 heterocycles. The number of ether oxygens (including phenoxy) is 1. The molecule has 0 rings (SSSR count). The molecule has 0 aromatic carbocycles. The van der Waals surface area contributed by atoms with E-state index in [0.29, 0.717) is 12.8 Å². The van der Waals surface area contributed by atoms with Crippen LogP contribution in [-0.4, -0.2) is 18.5 Å². The van der Waals surface area contributed by atoms with Gasteiger partial charge in [0.15, 0.2) is 0 Å². The fourth-order valence-corrected chi connectivity index (χ4v) is 0.733. The third-order valence-corrected chi connectivity index (χ3v) is 1.39. The third kappa shape index (κ3) is 5.13. The van der Waals surface area contributed by atoms with E-state index in [4.69, 9.17) is 0 Å². The number of esters is 1. The smallest absolute Gasteiger partial charge is 0.354 e. The summed E-state index contributed by atoms with van der Waals surface area (Å²) in [5, 5.41) is 2.34. The Bertz CT molecular complexity index is 246. The van der Waals surface area contributed by atoms with Gasteiger partial charge >= 0.3 is 5.97 Å². The van der Waals surface area contributed by atoms with Crippen LogP contribution < -0.4 is 5.32 Å². The molecule has 0 unspecified atom stereocenters. The van der Waals surface area contributed by atoms with Crippen molar-refractivity contribution in [3.05, 3.63) is 24.9 Å². The zero-order chi connectivity index (χ0) is 11.0. The van der Waals surface area contributed by atoms with Crippen LogP contribution in [0, 0.1) is 0 Å². The number of rotatable bonds is 6. The van der Waals surface area contributed by atoms with Crippen molar-refractivity contribution in [3.8, 4) is 0 Å².